The van der Waals surface area contributed by atoms with Gasteiger partial charge in [0.05, 0.1) is 13.2 Å². The molecule has 0 amide bonds. The zero-order chi connectivity index (χ0) is 33.3. The van der Waals surface area contributed by atoms with E-state index in [1.807, 2.05) is 111 Å². The van der Waals surface area contributed by atoms with E-state index in [4.69, 9.17) is 9.47 Å². The summed E-state index contributed by atoms with van der Waals surface area (Å²) in [6, 6.07) is 36.8. The summed E-state index contributed by atoms with van der Waals surface area (Å²) in [5.74, 6) is -3.27. The summed E-state index contributed by atoms with van der Waals surface area (Å²) < 4.78 is 10.2. The van der Waals surface area contributed by atoms with Gasteiger partial charge >= 0.3 is 11.9 Å². The van der Waals surface area contributed by atoms with E-state index in [9.17, 15) is 19.2 Å². The predicted molar refractivity (Wildman–Crippen MR) is 180 cm³/mol. The number of carbonyl (C=O) groups excluding carboxylic acids is 4. The van der Waals surface area contributed by atoms with Gasteiger partial charge in [0.2, 0.25) is 0 Å². The molecule has 0 N–H and O–H groups in total. The highest BCUT2D eigenvalue weighted by atomic mass is 16.5. The highest BCUT2D eigenvalue weighted by Crippen LogP contribution is 2.27. The van der Waals surface area contributed by atoms with Gasteiger partial charge in [-0.15, -0.1) is 0 Å². The van der Waals surface area contributed by atoms with Gasteiger partial charge in [-0.3, -0.25) is 19.2 Å². The van der Waals surface area contributed by atoms with Crippen LogP contribution >= 0.6 is 0 Å². The molecule has 0 aliphatic heterocycles. The molecule has 4 rings (SSSR count). The van der Waals surface area contributed by atoms with Crippen LogP contribution in [0.1, 0.15) is 47.9 Å². The summed E-state index contributed by atoms with van der Waals surface area (Å²) in [5, 5.41) is 0. The Hall–Kier alpha value is -5.30. The fourth-order valence-electron chi connectivity index (χ4n) is 4.80. The molecule has 0 aliphatic rings. The molecule has 7 nitrogen and oxygen atoms in total. The van der Waals surface area contributed by atoms with Gasteiger partial charge in [0.25, 0.3) is 0 Å². The first kappa shape index (κ1) is 35.2. The van der Waals surface area contributed by atoms with Crippen LogP contribution in [0.2, 0.25) is 0 Å². The lowest BCUT2D eigenvalue weighted by Crippen LogP contribution is -2.26. The number of carbonyl (C=O) groups is 4. The van der Waals surface area contributed by atoms with Crippen LogP contribution in [-0.4, -0.2) is 55.7 Å². The molecule has 0 aromatic heterocycles. The lowest BCUT2D eigenvalue weighted by Gasteiger charge is -2.18. The van der Waals surface area contributed by atoms with Crippen molar-refractivity contribution in [3.8, 4) is 0 Å². The van der Waals surface area contributed by atoms with Gasteiger partial charge in [-0.05, 0) is 36.1 Å². The van der Waals surface area contributed by atoms with Crippen LogP contribution in [0.25, 0.3) is 5.57 Å². The SMILES string of the molecule is CCOC(=O)C(C(=O)C(=CN(C)C)c1ccccc1)c1ccccc1.CCOC(=O)C(C(=O)Cc1ccccc1)c1ccccc1. The van der Waals surface area contributed by atoms with Crippen molar-refractivity contribution < 1.29 is 28.7 Å². The zero-order valence-corrected chi connectivity index (χ0v) is 26.8. The van der Waals surface area contributed by atoms with Crippen molar-refractivity contribution in [2.24, 2.45) is 0 Å². The van der Waals surface area contributed by atoms with Crippen LogP contribution in [0.5, 0.6) is 0 Å². The Morgan fingerprint density at radius 3 is 1.48 bits per heavy atom. The van der Waals surface area contributed by atoms with Crippen LogP contribution < -0.4 is 0 Å². The Morgan fingerprint density at radius 2 is 1.02 bits per heavy atom. The highest BCUT2D eigenvalue weighted by molar-refractivity contribution is 6.29. The van der Waals surface area contributed by atoms with Gasteiger partial charge < -0.3 is 14.4 Å². The largest absolute Gasteiger partial charge is 0.465 e. The average molecular weight is 620 g/mol. The third kappa shape index (κ3) is 10.4. The van der Waals surface area contributed by atoms with Crippen LogP contribution in [0, 0.1) is 0 Å². The monoisotopic (exact) mass is 619 g/mol. The Balaban J connectivity index is 0.000000254. The summed E-state index contributed by atoms with van der Waals surface area (Å²) >= 11 is 0. The Morgan fingerprint density at radius 1 is 0.609 bits per heavy atom. The summed E-state index contributed by atoms with van der Waals surface area (Å²) in [4.78, 5) is 52.3. The minimum absolute atomic E-state index is 0.147. The Kier molecular flexibility index (Phi) is 14.1. The van der Waals surface area contributed by atoms with E-state index in [1.165, 1.54) is 0 Å². The average Bonchev–Trinajstić information content (AvgIpc) is 3.06. The van der Waals surface area contributed by atoms with Crippen molar-refractivity contribution in [3.63, 3.8) is 0 Å². The van der Waals surface area contributed by atoms with Crippen LogP contribution in [0.4, 0.5) is 0 Å². The van der Waals surface area contributed by atoms with E-state index in [1.54, 1.807) is 49.2 Å². The zero-order valence-electron chi connectivity index (χ0n) is 26.8. The van der Waals surface area contributed by atoms with E-state index < -0.39 is 23.8 Å². The third-order valence-corrected chi connectivity index (χ3v) is 6.85. The topological polar surface area (TPSA) is 90.0 Å². The molecule has 7 heteroatoms. The number of esters is 2. The van der Waals surface area contributed by atoms with E-state index >= 15 is 0 Å². The first-order valence-electron chi connectivity index (χ1n) is 15.2. The van der Waals surface area contributed by atoms with Crippen molar-refractivity contribution in [2.45, 2.75) is 32.1 Å². The summed E-state index contributed by atoms with van der Waals surface area (Å²) in [6.07, 6.45) is 1.96. The number of nitrogens with zero attached hydrogens (tertiary/aromatic N) is 1. The number of rotatable bonds is 13. The minimum Gasteiger partial charge on any atom is -0.465 e. The van der Waals surface area contributed by atoms with Gasteiger partial charge in [0, 0.05) is 32.3 Å². The summed E-state index contributed by atoms with van der Waals surface area (Å²) in [7, 11) is 3.69. The van der Waals surface area contributed by atoms with Crippen molar-refractivity contribution >= 4 is 29.1 Å². The number of hydrogen-bond acceptors (Lipinski definition) is 7. The number of Topliss-reactive ketones (excluding diaryl/α,β-unsaturated/α-hetero) is 2. The number of ether oxygens (including phenoxy) is 2. The normalized spacial score (nSPS) is 12.0. The fraction of sp³-hybridized carbons (Fsp3) is 0.231. The smallest absolute Gasteiger partial charge is 0.321 e. The third-order valence-electron chi connectivity index (χ3n) is 6.85. The van der Waals surface area contributed by atoms with Crippen LogP contribution in [0.15, 0.2) is 128 Å². The Bertz CT molecular complexity index is 1570. The molecule has 2 unspecified atom stereocenters. The lowest BCUT2D eigenvalue weighted by atomic mass is 9.88. The van der Waals surface area contributed by atoms with E-state index in [-0.39, 0.29) is 31.2 Å². The second kappa shape index (κ2) is 18.5. The van der Waals surface area contributed by atoms with Crippen molar-refractivity contribution in [2.75, 3.05) is 27.3 Å². The molecule has 2 atom stereocenters. The number of benzene rings is 4. The minimum atomic E-state index is -0.979. The van der Waals surface area contributed by atoms with E-state index in [2.05, 4.69) is 0 Å². The van der Waals surface area contributed by atoms with Crippen molar-refractivity contribution in [1.82, 2.24) is 4.90 Å². The maximum atomic E-state index is 13.3. The highest BCUT2D eigenvalue weighted by Gasteiger charge is 2.33. The number of ketones is 2. The predicted octanol–water partition coefficient (Wildman–Crippen LogP) is 6.65. The molecular weight excluding hydrogens is 578 g/mol. The molecule has 0 bridgehead atoms. The molecule has 0 saturated carbocycles. The summed E-state index contributed by atoms with van der Waals surface area (Å²) in [5.41, 5.74) is 3.45. The van der Waals surface area contributed by atoms with Crippen LogP contribution in [-0.2, 0) is 35.1 Å². The van der Waals surface area contributed by atoms with Crippen molar-refractivity contribution in [1.29, 1.82) is 0 Å². The molecular formula is C39H41NO6. The Labute approximate surface area is 271 Å². The molecule has 0 heterocycles. The maximum Gasteiger partial charge on any atom is 0.321 e. The molecule has 0 saturated heterocycles. The van der Waals surface area contributed by atoms with Gasteiger partial charge in [0.15, 0.2) is 11.6 Å². The molecule has 0 spiro atoms. The molecule has 4 aromatic carbocycles. The molecule has 0 fully saturated rings. The molecule has 0 aliphatic carbocycles. The van der Waals surface area contributed by atoms with Gasteiger partial charge in [-0.2, -0.15) is 0 Å². The quantitative estimate of drug-likeness (QED) is 0.0940. The van der Waals surface area contributed by atoms with E-state index in [0.717, 1.165) is 11.1 Å². The first-order valence-corrected chi connectivity index (χ1v) is 15.2. The van der Waals surface area contributed by atoms with Gasteiger partial charge in [-0.25, -0.2) is 0 Å². The lowest BCUT2D eigenvalue weighted by molar-refractivity contribution is -0.148. The maximum absolute atomic E-state index is 13.3. The molecule has 0 radical (unpaired) electrons. The standard InChI is InChI=1S/C21H23NO3.C18H18O3/c1-4-25-21(24)19(17-13-9-6-10-14-17)20(23)18(15-22(2)3)16-11-7-5-8-12-16;1-2-21-18(20)17(15-11-7-4-8-12-15)16(19)13-14-9-5-3-6-10-14/h5-15,19H,4H2,1-3H3;3-12,17H,2,13H2,1H3. The number of allylic oxidation sites excluding steroid dienone is 1. The second-order valence-electron chi connectivity index (χ2n) is 10.6. The van der Waals surface area contributed by atoms with Gasteiger partial charge in [-0.1, -0.05) is 121 Å². The van der Waals surface area contributed by atoms with Crippen molar-refractivity contribution in [3.05, 3.63) is 150 Å². The molecule has 238 valence electrons. The first-order chi connectivity index (χ1) is 22.3. The van der Waals surface area contributed by atoms with E-state index in [0.29, 0.717) is 16.7 Å². The molecule has 46 heavy (non-hydrogen) atoms. The number of hydrogen-bond donors (Lipinski definition) is 0. The summed E-state index contributed by atoms with van der Waals surface area (Å²) in [6.45, 7) is 3.97. The molecule has 4 aromatic rings. The van der Waals surface area contributed by atoms with Gasteiger partial charge in [0.1, 0.15) is 11.8 Å². The van der Waals surface area contributed by atoms with Crippen LogP contribution in [0.3, 0.4) is 0 Å². The second-order valence-corrected chi connectivity index (χ2v) is 10.6. The fourth-order valence-corrected chi connectivity index (χ4v) is 4.80.